The van der Waals surface area contributed by atoms with Gasteiger partial charge in [-0.05, 0) is 78.2 Å². The molecule has 120 valence electrons. The van der Waals surface area contributed by atoms with Crippen LogP contribution in [0.2, 0.25) is 0 Å². The molecule has 21 heavy (non-hydrogen) atoms. The zero-order valence-electron chi connectivity index (χ0n) is 14.1. The van der Waals surface area contributed by atoms with E-state index in [0.29, 0.717) is 0 Å². The standard InChI is InChI=1S/C17H32N4/c1-4-17(14-18,19-2)9-6-11-21-12-8-16-15(13-21)7-5-10-20(16)3/h15-16,19H,4-13H2,1-3H3. The Labute approximate surface area is 130 Å². The molecule has 2 saturated heterocycles. The summed E-state index contributed by atoms with van der Waals surface area (Å²) in [5, 5.41) is 12.6. The smallest absolute Gasteiger partial charge is 0.106 e. The van der Waals surface area contributed by atoms with Gasteiger partial charge in [-0.25, -0.2) is 0 Å². The second-order valence-corrected chi connectivity index (χ2v) is 6.94. The predicted molar refractivity (Wildman–Crippen MR) is 87.1 cm³/mol. The molecule has 0 saturated carbocycles. The minimum absolute atomic E-state index is 0.316. The molecule has 3 atom stereocenters. The number of fused-ring (bicyclic) bond motifs is 1. The zero-order valence-corrected chi connectivity index (χ0v) is 14.1. The minimum atomic E-state index is -0.316. The molecule has 0 aromatic carbocycles. The van der Waals surface area contributed by atoms with E-state index < -0.39 is 0 Å². The summed E-state index contributed by atoms with van der Waals surface area (Å²) in [5.41, 5.74) is -0.316. The molecule has 0 bridgehead atoms. The second-order valence-electron chi connectivity index (χ2n) is 6.94. The van der Waals surface area contributed by atoms with Crippen LogP contribution in [0.5, 0.6) is 0 Å². The SMILES string of the molecule is CCC(C#N)(CCCN1CCC2C(CCCN2C)C1)NC. The van der Waals surface area contributed by atoms with Crippen LogP contribution < -0.4 is 5.32 Å². The molecule has 2 aliphatic heterocycles. The fraction of sp³-hybridized carbons (Fsp3) is 0.941. The first-order valence-electron chi connectivity index (χ1n) is 8.67. The first-order valence-corrected chi connectivity index (χ1v) is 8.67. The molecule has 0 spiro atoms. The molecule has 0 radical (unpaired) electrons. The lowest BCUT2D eigenvalue weighted by Crippen LogP contribution is -2.52. The average Bonchev–Trinajstić information content (AvgIpc) is 2.52. The van der Waals surface area contributed by atoms with Crippen LogP contribution in [0.25, 0.3) is 0 Å². The molecule has 2 fully saturated rings. The third-order valence-corrected chi connectivity index (χ3v) is 5.80. The Morgan fingerprint density at radius 2 is 2.14 bits per heavy atom. The van der Waals surface area contributed by atoms with Crippen molar-refractivity contribution in [3.8, 4) is 6.07 Å². The van der Waals surface area contributed by atoms with Gasteiger partial charge in [-0.15, -0.1) is 0 Å². The summed E-state index contributed by atoms with van der Waals surface area (Å²) in [4.78, 5) is 5.21. The van der Waals surface area contributed by atoms with Crippen LogP contribution in [0.1, 0.15) is 45.4 Å². The van der Waals surface area contributed by atoms with Crippen LogP contribution in [0.4, 0.5) is 0 Å². The number of rotatable bonds is 6. The Balaban J connectivity index is 1.76. The maximum Gasteiger partial charge on any atom is 0.106 e. The van der Waals surface area contributed by atoms with Gasteiger partial charge in [-0.2, -0.15) is 5.26 Å². The van der Waals surface area contributed by atoms with Crippen molar-refractivity contribution >= 4 is 0 Å². The van der Waals surface area contributed by atoms with E-state index in [1.54, 1.807) is 0 Å². The van der Waals surface area contributed by atoms with Crippen molar-refractivity contribution in [3.63, 3.8) is 0 Å². The van der Waals surface area contributed by atoms with Gasteiger partial charge in [0.1, 0.15) is 5.54 Å². The van der Waals surface area contributed by atoms with Gasteiger partial charge < -0.3 is 15.1 Å². The van der Waals surface area contributed by atoms with Crippen LogP contribution >= 0.6 is 0 Å². The van der Waals surface area contributed by atoms with E-state index in [4.69, 9.17) is 0 Å². The average molecular weight is 292 g/mol. The molecule has 2 heterocycles. The summed E-state index contributed by atoms with van der Waals surface area (Å²) >= 11 is 0. The highest BCUT2D eigenvalue weighted by Gasteiger charge is 2.34. The molecule has 0 aromatic heterocycles. The Bertz CT molecular complexity index is 358. The third-order valence-electron chi connectivity index (χ3n) is 5.80. The number of piperidine rings is 2. The van der Waals surface area contributed by atoms with E-state index in [1.807, 2.05) is 7.05 Å². The fourth-order valence-electron chi connectivity index (χ4n) is 4.20. The number of nitrogens with zero attached hydrogens (tertiary/aromatic N) is 3. The third kappa shape index (κ3) is 3.97. The van der Waals surface area contributed by atoms with Crippen LogP contribution in [-0.4, -0.2) is 61.7 Å². The molecule has 0 aromatic rings. The van der Waals surface area contributed by atoms with E-state index in [1.165, 1.54) is 38.9 Å². The molecule has 3 unspecified atom stereocenters. The number of hydrogen-bond acceptors (Lipinski definition) is 4. The summed E-state index contributed by atoms with van der Waals surface area (Å²) < 4.78 is 0. The van der Waals surface area contributed by atoms with Gasteiger partial charge in [-0.1, -0.05) is 6.92 Å². The van der Waals surface area contributed by atoms with Gasteiger partial charge in [0.25, 0.3) is 0 Å². The Hall–Kier alpha value is -0.630. The number of hydrogen-bond donors (Lipinski definition) is 1. The summed E-state index contributed by atoms with van der Waals surface area (Å²) in [6, 6.07) is 3.29. The van der Waals surface area contributed by atoms with Gasteiger partial charge in [-0.3, -0.25) is 0 Å². The summed E-state index contributed by atoms with van der Waals surface area (Å²) in [6.45, 7) is 7.03. The monoisotopic (exact) mass is 292 g/mol. The van der Waals surface area contributed by atoms with E-state index in [0.717, 1.165) is 37.8 Å². The van der Waals surface area contributed by atoms with Gasteiger partial charge in [0.15, 0.2) is 0 Å². The van der Waals surface area contributed by atoms with Crippen molar-refractivity contribution in [2.45, 2.75) is 57.0 Å². The van der Waals surface area contributed by atoms with Gasteiger partial charge in [0.05, 0.1) is 6.07 Å². The largest absolute Gasteiger partial charge is 0.303 e. The minimum Gasteiger partial charge on any atom is -0.303 e. The van der Waals surface area contributed by atoms with Gasteiger partial charge in [0, 0.05) is 12.6 Å². The van der Waals surface area contributed by atoms with Crippen molar-refractivity contribution in [3.05, 3.63) is 0 Å². The summed E-state index contributed by atoms with van der Waals surface area (Å²) in [5.74, 6) is 0.869. The predicted octanol–water partition coefficient (Wildman–Crippen LogP) is 2.07. The van der Waals surface area contributed by atoms with E-state index in [2.05, 4.69) is 35.2 Å². The lowest BCUT2D eigenvalue weighted by atomic mass is 9.84. The zero-order chi connectivity index (χ0) is 15.3. The Morgan fingerprint density at radius 1 is 1.33 bits per heavy atom. The topological polar surface area (TPSA) is 42.3 Å². The Kier molecular flexibility index (Phi) is 6.04. The van der Waals surface area contributed by atoms with E-state index in [9.17, 15) is 5.26 Å². The number of likely N-dealkylation sites (tertiary alicyclic amines) is 2. The normalized spacial score (nSPS) is 30.4. The maximum absolute atomic E-state index is 9.37. The van der Waals surface area contributed by atoms with Crippen LogP contribution in [-0.2, 0) is 0 Å². The van der Waals surface area contributed by atoms with Crippen LogP contribution in [0.15, 0.2) is 0 Å². The lowest BCUT2D eigenvalue weighted by Gasteiger charge is -2.46. The van der Waals surface area contributed by atoms with Gasteiger partial charge >= 0.3 is 0 Å². The molecular formula is C17H32N4. The van der Waals surface area contributed by atoms with Crippen molar-refractivity contribution in [2.24, 2.45) is 5.92 Å². The maximum atomic E-state index is 9.37. The molecule has 2 aliphatic rings. The number of nitriles is 1. The van der Waals surface area contributed by atoms with Crippen molar-refractivity contribution in [1.82, 2.24) is 15.1 Å². The van der Waals surface area contributed by atoms with E-state index in [-0.39, 0.29) is 5.54 Å². The Morgan fingerprint density at radius 3 is 2.81 bits per heavy atom. The van der Waals surface area contributed by atoms with Gasteiger partial charge in [0.2, 0.25) is 0 Å². The van der Waals surface area contributed by atoms with Crippen LogP contribution in [0.3, 0.4) is 0 Å². The first kappa shape index (κ1) is 16.7. The molecule has 4 nitrogen and oxygen atoms in total. The highest BCUT2D eigenvalue weighted by atomic mass is 15.2. The van der Waals surface area contributed by atoms with Crippen molar-refractivity contribution < 1.29 is 0 Å². The van der Waals surface area contributed by atoms with Crippen LogP contribution in [0, 0.1) is 17.2 Å². The highest BCUT2D eigenvalue weighted by molar-refractivity contribution is 5.05. The highest BCUT2D eigenvalue weighted by Crippen LogP contribution is 2.29. The van der Waals surface area contributed by atoms with E-state index >= 15 is 0 Å². The first-order chi connectivity index (χ1) is 10.1. The summed E-state index contributed by atoms with van der Waals surface area (Å²) in [7, 11) is 4.21. The molecule has 4 heteroatoms. The molecule has 2 rings (SSSR count). The fourth-order valence-corrected chi connectivity index (χ4v) is 4.20. The van der Waals surface area contributed by atoms with Crippen molar-refractivity contribution in [2.75, 3.05) is 40.3 Å². The lowest BCUT2D eigenvalue weighted by molar-refractivity contribution is 0.0375. The quantitative estimate of drug-likeness (QED) is 0.814. The molecule has 0 amide bonds. The number of nitrogens with one attached hydrogen (secondary N) is 1. The molecule has 0 aliphatic carbocycles. The second kappa shape index (κ2) is 7.58. The molecule has 1 N–H and O–H groups in total. The van der Waals surface area contributed by atoms with Crippen molar-refractivity contribution in [1.29, 1.82) is 5.26 Å². The molecular weight excluding hydrogens is 260 g/mol. The summed E-state index contributed by atoms with van der Waals surface area (Å²) in [6.07, 6.45) is 7.05.